The number of carbonyl (C=O) groups is 2. The van der Waals surface area contributed by atoms with E-state index in [-0.39, 0.29) is 6.61 Å². The van der Waals surface area contributed by atoms with Crippen molar-refractivity contribution >= 4 is 33.5 Å². The third-order valence-corrected chi connectivity index (χ3v) is 6.56. The van der Waals surface area contributed by atoms with E-state index in [1.807, 2.05) is 55.5 Å². The Hall–Kier alpha value is -3.45. The number of cyclic esters (lactones) is 1. The highest BCUT2D eigenvalue weighted by Gasteiger charge is 2.42. The second kappa shape index (κ2) is 7.11. The molecule has 0 fully saturated rings. The van der Waals surface area contributed by atoms with E-state index >= 15 is 0 Å². The van der Waals surface area contributed by atoms with Crippen molar-refractivity contribution in [3.05, 3.63) is 76.6 Å². The number of methoxy groups -OCH3 is 1. The predicted octanol–water partition coefficient (Wildman–Crippen LogP) is 3.91. The zero-order valence-electron chi connectivity index (χ0n) is 16.4. The number of nitrogens with one attached hydrogen (secondary N) is 1. The van der Waals surface area contributed by atoms with Gasteiger partial charge >= 0.3 is 11.9 Å². The number of rotatable bonds is 3. The topological polar surface area (TPSA) is 77.5 Å². The molecule has 6 nitrogen and oxygen atoms in total. The van der Waals surface area contributed by atoms with Crippen LogP contribution in [0.2, 0.25) is 0 Å². The average molecular weight is 418 g/mol. The van der Waals surface area contributed by atoms with E-state index in [9.17, 15) is 9.59 Å². The Morgan fingerprint density at radius 3 is 2.77 bits per heavy atom. The molecule has 1 N–H and O–H groups in total. The van der Waals surface area contributed by atoms with E-state index in [0.29, 0.717) is 22.5 Å². The fourth-order valence-electron chi connectivity index (χ4n) is 4.06. The molecule has 2 aliphatic heterocycles. The first-order valence-corrected chi connectivity index (χ1v) is 10.3. The molecular formula is C23H18N2O4S. The standard InChI is InChI=1S/C23H18N2O4S/c1-12-17(22(26)28-2)18(19-16(24-12)11-29-23(19)27)14-9-6-10-15-20(14)30-21(25-15)13-7-4-3-5-8-13/h3-10,18,24H,11H2,1-2H3. The number of allylic oxidation sites excluding steroid dienone is 1. The maximum absolute atomic E-state index is 12.7. The third-order valence-electron chi connectivity index (χ3n) is 5.39. The van der Waals surface area contributed by atoms with Crippen molar-refractivity contribution in [2.24, 2.45) is 0 Å². The molecule has 0 aliphatic carbocycles. The van der Waals surface area contributed by atoms with E-state index in [0.717, 1.165) is 26.4 Å². The summed E-state index contributed by atoms with van der Waals surface area (Å²) in [5.74, 6) is -1.46. The normalized spacial score (nSPS) is 18.3. The number of hydrogen-bond acceptors (Lipinski definition) is 7. The van der Waals surface area contributed by atoms with Gasteiger partial charge in [-0.05, 0) is 18.6 Å². The molecule has 3 heterocycles. The van der Waals surface area contributed by atoms with Crippen LogP contribution in [-0.4, -0.2) is 30.6 Å². The van der Waals surface area contributed by atoms with Gasteiger partial charge in [0.1, 0.15) is 11.6 Å². The largest absolute Gasteiger partial charge is 0.466 e. The fourth-order valence-corrected chi connectivity index (χ4v) is 5.17. The monoisotopic (exact) mass is 418 g/mol. The van der Waals surface area contributed by atoms with Crippen LogP contribution in [0.4, 0.5) is 0 Å². The summed E-state index contributed by atoms with van der Waals surface area (Å²) in [5.41, 5.74) is 4.93. The van der Waals surface area contributed by atoms with Crippen molar-refractivity contribution in [3.8, 4) is 10.6 Å². The van der Waals surface area contributed by atoms with Gasteiger partial charge in [-0.3, -0.25) is 0 Å². The van der Waals surface area contributed by atoms with Crippen LogP contribution >= 0.6 is 11.3 Å². The van der Waals surface area contributed by atoms with Gasteiger partial charge in [-0.2, -0.15) is 0 Å². The van der Waals surface area contributed by atoms with Gasteiger partial charge in [-0.1, -0.05) is 42.5 Å². The van der Waals surface area contributed by atoms with Gasteiger partial charge in [0.25, 0.3) is 0 Å². The third kappa shape index (κ3) is 2.81. The molecule has 0 saturated carbocycles. The Morgan fingerprint density at radius 2 is 2.00 bits per heavy atom. The lowest BCUT2D eigenvalue weighted by atomic mass is 9.81. The minimum absolute atomic E-state index is 0.171. The summed E-state index contributed by atoms with van der Waals surface area (Å²) >= 11 is 1.55. The molecule has 150 valence electrons. The molecule has 2 aromatic carbocycles. The zero-order valence-corrected chi connectivity index (χ0v) is 17.2. The van der Waals surface area contributed by atoms with Crippen LogP contribution in [0, 0.1) is 0 Å². The molecule has 1 aromatic heterocycles. The molecule has 7 heteroatoms. The number of nitrogens with zero attached hydrogens (tertiary/aromatic N) is 1. The van der Waals surface area contributed by atoms with Gasteiger partial charge in [0, 0.05) is 11.3 Å². The number of hydrogen-bond donors (Lipinski definition) is 1. The number of esters is 2. The van der Waals surface area contributed by atoms with E-state index in [2.05, 4.69) is 5.32 Å². The first kappa shape index (κ1) is 18.6. The first-order chi connectivity index (χ1) is 14.6. The second-order valence-electron chi connectivity index (χ2n) is 7.14. The molecule has 1 unspecified atom stereocenters. The number of aromatic nitrogens is 1. The Morgan fingerprint density at radius 1 is 1.20 bits per heavy atom. The van der Waals surface area contributed by atoms with Crippen LogP contribution in [-0.2, 0) is 19.1 Å². The molecule has 1 atom stereocenters. The van der Waals surface area contributed by atoms with Gasteiger partial charge in [-0.15, -0.1) is 11.3 Å². The minimum atomic E-state index is -0.573. The molecule has 5 rings (SSSR count). The van der Waals surface area contributed by atoms with Crippen molar-refractivity contribution in [2.75, 3.05) is 13.7 Å². The van der Waals surface area contributed by atoms with Crippen molar-refractivity contribution in [1.29, 1.82) is 0 Å². The van der Waals surface area contributed by atoms with Crippen molar-refractivity contribution in [1.82, 2.24) is 10.3 Å². The van der Waals surface area contributed by atoms with Crippen LogP contribution in [0.15, 0.2) is 71.1 Å². The summed E-state index contributed by atoms with van der Waals surface area (Å²) in [6, 6.07) is 15.7. The summed E-state index contributed by atoms with van der Waals surface area (Å²) in [4.78, 5) is 30.1. The maximum atomic E-state index is 12.7. The predicted molar refractivity (Wildman–Crippen MR) is 114 cm³/mol. The van der Waals surface area contributed by atoms with Crippen molar-refractivity contribution in [2.45, 2.75) is 12.8 Å². The van der Waals surface area contributed by atoms with E-state index < -0.39 is 17.9 Å². The minimum Gasteiger partial charge on any atom is -0.466 e. The highest BCUT2D eigenvalue weighted by molar-refractivity contribution is 7.21. The molecule has 0 bridgehead atoms. The van der Waals surface area contributed by atoms with Crippen molar-refractivity contribution in [3.63, 3.8) is 0 Å². The summed E-state index contributed by atoms with van der Waals surface area (Å²) in [5, 5.41) is 4.04. The molecule has 0 spiro atoms. The summed E-state index contributed by atoms with van der Waals surface area (Å²) in [6.45, 7) is 1.98. The van der Waals surface area contributed by atoms with E-state index in [1.165, 1.54) is 7.11 Å². The van der Waals surface area contributed by atoms with E-state index in [4.69, 9.17) is 14.5 Å². The second-order valence-corrected chi connectivity index (χ2v) is 8.14. The first-order valence-electron chi connectivity index (χ1n) is 9.49. The maximum Gasteiger partial charge on any atom is 0.337 e. The van der Waals surface area contributed by atoms with Crippen molar-refractivity contribution < 1.29 is 19.1 Å². The lowest BCUT2D eigenvalue weighted by Gasteiger charge is -2.27. The summed E-state index contributed by atoms with van der Waals surface area (Å²) in [7, 11) is 1.34. The van der Waals surface area contributed by atoms with Crippen LogP contribution < -0.4 is 5.32 Å². The number of fused-ring (bicyclic) bond motifs is 1. The Balaban J connectivity index is 1.74. The molecule has 0 radical (unpaired) electrons. The Kier molecular flexibility index (Phi) is 4.40. The number of thiazole rings is 1. The molecule has 2 aliphatic rings. The molecule has 0 amide bonds. The molecule has 30 heavy (non-hydrogen) atoms. The van der Waals surface area contributed by atoms with Gasteiger partial charge in [0.15, 0.2) is 0 Å². The highest BCUT2D eigenvalue weighted by Crippen LogP contribution is 2.45. The van der Waals surface area contributed by atoms with Crippen LogP contribution in [0.1, 0.15) is 18.4 Å². The quantitative estimate of drug-likeness (QED) is 0.650. The number of benzene rings is 2. The fraction of sp³-hybridized carbons (Fsp3) is 0.174. The van der Waals surface area contributed by atoms with Gasteiger partial charge in [0.05, 0.1) is 40.1 Å². The van der Waals surface area contributed by atoms with Gasteiger partial charge < -0.3 is 14.8 Å². The smallest absolute Gasteiger partial charge is 0.337 e. The number of ether oxygens (including phenoxy) is 2. The lowest BCUT2D eigenvalue weighted by Crippen LogP contribution is -2.30. The van der Waals surface area contributed by atoms with Gasteiger partial charge in [0.2, 0.25) is 0 Å². The van der Waals surface area contributed by atoms with Crippen LogP contribution in [0.5, 0.6) is 0 Å². The highest BCUT2D eigenvalue weighted by atomic mass is 32.1. The van der Waals surface area contributed by atoms with E-state index in [1.54, 1.807) is 11.3 Å². The molecule has 3 aromatic rings. The Bertz CT molecular complexity index is 1260. The van der Waals surface area contributed by atoms with Crippen LogP contribution in [0.25, 0.3) is 20.8 Å². The molecule has 0 saturated heterocycles. The number of dihydropyridines is 1. The lowest BCUT2D eigenvalue weighted by molar-refractivity contribution is -0.136. The zero-order chi connectivity index (χ0) is 20.8. The summed E-state index contributed by atoms with van der Waals surface area (Å²) < 4.78 is 11.3. The SMILES string of the molecule is COC(=O)C1=C(C)NC2=C(C(=O)OC2)C1c1cccc2nc(-c3ccccc3)sc12. The Labute approximate surface area is 176 Å². The summed E-state index contributed by atoms with van der Waals surface area (Å²) in [6.07, 6.45) is 0. The van der Waals surface area contributed by atoms with Gasteiger partial charge in [-0.25, -0.2) is 14.6 Å². The molecular weight excluding hydrogens is 400 g/mol. The number of carbonyl (C=O) groups excluding carboxylic acids is 2. The average Bonchev–Trinajstić information content (AvgIpc) is 3.36. The van der Waals surface area contributed by atoms with Crippen LogP contribution in [0.3, 0.4) is 0 Å².